The molecule has 9 aromatic rings. The van der Waals surface area contributed by atoms with Crippen LogP contribution in [0.1, 0.15) is 22.3 Å². The SMILES string of the molecule is CN(C)c1cccc2c1C1(c3ccc(Oc4[c-]c5c(cc4)c4ccccc4n5-c4ccccn4)[c-]c3-n3[c-][n+](C)c4cccc1c43)c1c(cccc1N(C)C)S2.[Pt]. The summed E-state index contributed by atoms with van der Waals surface area (Å²) in [5, 5.41) is 2.23. The molecule has 5 heterocycles. The van der Waals surface area contributed by atoms with Crippen molar-refractivity contribution < 1.29 is 30.4 Å². The molecule has 2 aliphatic heterocycles. The normalized spacial score (nSPS) is 13.3. The molecule has 6 aromatic carbocycles. The minimum absolute atomic E-state index is 0. The van der Waals surface area contributed by atoms with E-state index in [0.29, 0.717) is 11.5 Å². The maximum Gasteiger partial charge on any atom is 0.242 e. The van der Waals surface area contributed by atoms with Gasteiger partial charge in [-0.25, -0.2) is 4.98 Å². The molecule has 3 aromatic heterocycles. The summed E-state index contributed by atoms with van der Waals surface area (Å²) in [6, 6.07) is 50.3. The van der Waals surface area contributed by atoms with Crippen molar-refractivity contribution in [3.63, 3.8) is 0 Å². The maximum atomic E-state index is 6.77. The second-order valence-corrected chi connectivity index (χ2v) is 16.0. The molecular weight excluding hydrogens is 904 g/mol. The molecule has 0 unspecified atom stereocenters. The number of rotatable bonds is 5. The average molecular weight is 940 g/mol. The number of hydrogen-bond donors (Lipinski definition) is 0. The van der Waals surface area contributed by atoms with E-state index in [0.717, 1.165) is 49.9 Å². The van der Waals surface area contributed by atoms with Crippen molar-refractivity contribution in [3.8, 4) is 23.0 Å². The van der Waals surface area contributed by atoms with Gasteiger partial charge in [0.15, 0.2) is 0 Å². The number of aryl methyl sites for hydroxylation is 1. The summed E-state index contributed by atoms with van der Waals surface area (Å²) in [4.78, 5) is 11.7. The van der Waals surface area contributed by atoms with E-state index in [-0.39, 0.29) is 21.1 Å². The van der Waals surface area contributed by atoms with Crippen molar-refractivity contribution in [2.45, 2.75) is 15.2 Å². The quantitative estimate of drug-likeness (QED) is 0.127. The summed E-state index contributed by atoms with van der Waals surface area (Å²) in [5.41, 5.74) is 11.6. The fraction of sp³-hybridized carbons (Fsp3) is 0.125. The molecule has 0 atom stereocenters. The third-order valence-corrected chi connectivity index (χ3v) is 12.5. The first-order chi connectivity index (χ1) is 27.3. The largest absolute Gasteiger partial charge is 0.510 e. The third kappa shape index (κ3) is 4.96. The van der Waals surface area contributed by atoms with Crippen LogP contribution in [0.2, 0.25) is 0 Å². The van der Waals surface area contributed by atoms with Crippen molar-refractivity contribution >= 4 is 56.0 Å². The van der Waals surface area contributed by atoms with Crippen LogP contribution in [0, 0.1) is 18.5 Å². The van der Waals surface area contributed by atoms with E-state index in [1.165, 1.54) is 37.9 Å². The van der Waals surface area contributed by atoms with Gasteiger partial charge in [0.05, 0.1) is 18.1 Å². The van der Waals surface area contributed by atoms with E-state index in [9.17, 15) is 0 Å². The number of imidazole rings is 1. The Morgan fingerprint density at radius 2 is 1.37 bits per heavy atom. The van der Waals surface area contributed by atoms with Crippen LogP contribution in [0.15, 0.2) is 137 Å². The zero-order valence-corrected chi connectivity index (χ0v) is 35.0. The molecule has 7 nitrogen and oxygen atoms in total. The number of anilines is 2. The molecule has 57 heavy (non-hydrogen) atoms. The number of para-hydroxylation sites is 2. The molecule has 1 spiro atoms. The van der Waals surface area contributed by atoms with Crippen molar-refractivity contribution in [1.29, 1.82) is 0 Å². The molecule has 0 N–H and O–H groups in total. The van der Waals surface area contributed by atoms with Crippen LogP contribution >= 0.6 is 11.8 Å². The maximum absolute atomic E-state index is 6.77. The molecule has 282 valence electrons. The van der Waals surface area contributed by atoms with Crippen molar-refractivity contribution in [2.24, 2.45) is 7.05 Å². The molecule has 2 aliphatic rings. The number of pyridine rings is 1. The molecular formula is C48H36N6OPtS-2. The van der Waals surface area contributed by atoms with E-state index in [4.69, 9.17) is 9.72 Å². The van der Waals surface area contributed by atoms with Gasteiger partial charge in [-0.05, 0) is 64.5 Å². The van der Waals surface area contributed by atoms with E-state index in [1.54, 1.807) is 0 Å². The fourth-order valence-corrected chi connectivity index (χ4v) is 10.4. The van der Waals surface area contributed by atoms with Gasteiger partial charge >= 0.3 is 0 Å². The van der Waals surface area contributed by atoms with Gasteiger partial charge in [-0.15, -0.1) is 35.2 Å². The molecule has 0 amide bonds. The van der Waals surface area contributed by atoms with E-state index >= 15 is 0 Å². The number of nitrogens with zero attached hydrogens (tertiary/aromatic N) is 6. The fourth-order valence-electron chi connectivity index (χ4n) is 9.17. The number of ether oxygens (including phenoxy) is 1. The second-order valence-electron chi connectivity index (χ2n) is 14.9. The topological polar surface area (TPSA) is 42.3 Å². The first-order valence-corrected chi connectivity index (χ1v) is 19.5. The van der Waals surface area contributed by atoms with Crippen LogP contribution in [0.5, 0.6) is 11.5 Å². The number of fused-ring (bicyclic) bond motifs is 11. The number of aromatic nitrogens is 4. The Labute approximate surface area is 350 Å². The van der Waals surface area contributed by atoms with Gasteiger partial charge in [-0.1, -0.05) is 77.6 Å². The summed E-state index contributed by atoms with van der Waals surface area (Å²) >= 11 is 1.85. The molecule has 11 rings (SSSR count). The summed E-state index contributed by atoms with van der Waals surface area (Å²) in [5.74, 6) is 2.03. The summed E-state index contributed by atoms with van der Waals surface area (Å²) in [6.07, 6.45) is 5.48. The Morgan fingerprint density at radius 3 is 2.09 bits per heavy atom. The van der Waals surface area contributed by atoms with Gasteiger partial charge in [0.1, 0.15) is 5.82 Å². The molecule has 0 aliphatic carbocycles. The number of hydrogen-bond acceptors (Lipinski definition) is 5. The van der Waals surface area contributed by atoms with Crippen LogP contribution in [0.3, 0.4) is 0 Å². The number of benzene rings is 6. The van der Waals surface area contributed by atoms with E-state index in [1.807, 2.05) is 42.2 Å². The Hall–Kier alpha value is -5.82. The standard InChI is InChI=1S/C48H36N6OS.Pt/c1-50(2)37-16-11-19-42-45(37)48(46-38(51(3)4)17-12-20-43(46)56-42)34-25-23-31(28-41(34)53-29-52(5)39-18-10-14-35(48)47(39)53)55-30-22-24-33-32-13-6-7-15-36(32)54(40(33)27-30)44-21-8-9-26-49-44;/h6-26H,1-5H3;/q-2;. The van der Waals surface area contributed by atoms with Crippen molar-refractivity contribution in [3.05, 3.63) is 168 Å². The minimum Gasteiger partial charge on any atom is -0.510 e. The Balaban J connectivity index is 0.00000396. The summed E-state index contributed by atoms with van der Waals surface area (Å²) in [7, 11) is 10.6. The zero-order valence-electron chi connectivity index (χ0n) is 31.9. The molecule has 0 saturated carbocycles. The van der Waals surface area contributed by atoms with Gasteiger partial charge in [-0.2, -0.15) is 12.1 Å². The first kappa shape index (κ1) is 35.6. The molecule has 9 heteroatoms. The zero-order chi connectivity index (χ0) is 37.9. The average Bonchev–Trinajstić information content (AvgIpc) is 3.74. The predicted octanol–water partition coefficient (Wildman–Crippen LogP) is 9.43. The van der Waals surface area contributed by atoms with Crippen LogP contribution in [0.25, 0.3) is 44.3 Å². The first-order valence-electron chi connectivity index (χ1n) is 18.7. The van der Waals surface area contributed by atoms with Gasteiger partial charge in [0.2, 0.25) is 6.33 Å². The van der Waals surface area contributed by atoms with E-state index in [2.05, 4.69) is 174 Å². The Morgan fingerprint density at radius 1 is 0.684 bits per heavy atom. The van der Waals surface area contributed by atoms with Gasteiger partial charge in [0.25, 0.3) is 0 Å². The van der Waals surface area contributed by atoms with Crippen LogP contribution in [-0.4, -0.2) is 42.3 Å². The van der Waals surface area contributed by atoms with Crippen LogP contribution < -0.4 is 19.1 Å². The monoisotopic (exact) mass is 939 g/mol. The Kier molecular flexibility index (Phi) is 8.19. The summed E-state index contributed by atoms with van der Waals surface area (Å²) < 4.78 is 13.2. The summed E-state index contributed by atoms with van der Waals surface area (Å²) in [6.45, 7) is 0. The molecule has 0 radical (unpaired) electrons. The molecule has 0 fully saturated rings. The molecule has 0 saturated heterocycles. The minimum atomic E-state index is -0.689. The van der Waals surface area contributed by atoms with Crippen LogP contribution in [0.4, 0.5) is 11.4 Å². The van der Waals surface area contributed by atoms with Gasteiger partial charge in [-0.3, -0.25) is 0 Å². The second kappa shape index (κ2) is 13.1. The predicted molar refractivity (Wildman–Crippen MR) is 224 cm³/mol. The Bertz CT molecular complexity index is 3020. The molecule has 0 bridgehead atoms. The van der Waals surface area contributed by atoms with E-state index < -0.39 is 5.41 Å². The van der Waals surface area contributed by atoms with Crippen molar-refractivity contribution in [1.82, 2.24) is 14.1 Å². The van der Waals surface area contributed by atoms with Gasteiger partial charge in [0, 0.05) is 99.0 Å². The van der Waals surface area contributed by atoms with Gasteiger partial charge < -0.3 is 28.2 Å². The smallest absolute Gasteiger partial charge is 0.242 e. The third-order valence-electron chi connectivity index (χ3n) is 11.4. The van der Waals surface area contributed by atoms with Crippen molar-refractivity contribution in [2.75, 3.05) is 38.0 Å². The van der Waals surface area contributed by atoms with Crippen LogP contribution in [-0.2, 0) is 33.5 Å².